The third-order valence-electron chi connectivity index (χ3n) is 8.93. The number of hydrogen-bond acceptors (Lipinski definition) is 4. The molecule has 2 amide bonds. The van der Waals surface area contributed by atoms with Crippen LogP contribution in [0.2, 0.25) is 5.02 Å². The topological polar surface area (TPSA) is 53.1 Å². The second-order valence-corrected chi connectivity index (χ2v) is 12.2. The van der Waals surface area contributed by atoms with Crippen LogP contribution in [-0.2, 0) is 15.0 Å². The monoisotopic (exact) mass is 555 g/mol. The maximum Gasteiger partial charge on any atom is 0.233 e. The first-order valence-corrected chi connectivity index (χ1v) is 14.6. The van der Waals surface area contributed by atoms with Gasteiger partial charge in [-0.2, -0.15) is 0 Å². The molecule has 2 aromatic carbocycles. The number of rotatable bonds is 7. The van der Waals surface area contributed by atoms with Crippen molar-refractivity contribution in [2.24, 2.45) is 5.41 Å². The molecule has 1 aliphatic carbocycles. The highest BCUT2D eigenvalue weighted by molar-refractivity contribution is 6.30. The van der Waals surface area contributed by atoms with Gasteiger partial charge in [-0.3, -0.25) is 9.59 Å². The number of hydrogen-bond donors (Lipinski definition) is 0. The zero-order chi connectivity index (χ0) is 27.5. The largest absolute Gasteiger partial charge is 0.493 e. The predicted molar refractivity (Wildman–Crippen MR) is 150 cm³/mol. The van der Waals surface area contributed by atoms with Crippen molar-refractivity contribution in [1.82, 2.24) is 14.7 Å². The number of halogens is 2. The number of piperidine rings is 1. The second kappa shape index (κ2) is 11.8. The standard InChI is InChI=1S/C31H39ClFN3O3/c1-34-16-18-35(19-17-34)28(37)21-30(23-39-27-10-8-25(32)9-11-27)12-5-15-36(22-30)29(38)31(13-2-3-14-31)24-6-4-7-26(33)20-24/h4,6-11,20H,2-3,5,12-19,21-23H2,1H3. The molecule has 6 nitrogen and oxygen atoms in total. The molecule has 0 bridgehead atoms. The van der Waals surface area contributed by atoms with Gasteiger partial charge in [-0.25, -0.2) is 4.39 Å². The Labute approximate surface area is 236 Å². The number of ether oxygens (including phenoxy) is 1. The van der Waals surface area contributed by atoms with E-state index in [0.29, 0.717) is 36.9 Å². The lowest BCUT2D eigenvalue weighted by atomic mass is 9.74. The second-order valence-electron chi connectivity index (χ2n) is 11.7. The summed E-state index contributed by atoms with van der Waals surface area (Å²) in [5.41, 5.74) is -0.438. The van der Waals surface area contributed by atoms with Gasteiger partial charge in [0, 0.05) is 56.1 Å². The lowest BCUT2D eigenvalue weighted by molar-refractivity contribution is -0.146. The number of carbonyl (C=O) groups is 2. The quantitative estimate of drug-likeness (QED) is 0.474. The van der Waals surface area contributed by atoms with Crippen LogP contribution in [0.5, 0.6) is 5.75 Å². The molecule has 5 rings (SSSR count). The minimum Gasteiger partial charge on any atom is -0.493 e. The Hall–Kier alpha value is -2.64. The molecule has 0 N–H and O–H groups in total. The number of amides is 2. The Kier molecular flexibility index (Phi) is 8.48. The van der Waals surface area contributed by atoms with Gasteiger partial charge in [-0.15, -0.1) is 0 Å². The summed E-state index contributed by atoms with van der Waals surface area (Å²) in [5, 5.41) is 0.635. The molecule has 2 aliphatic heterocycles. The van der Waals surface area contributed by atoms with E-state index in [9.17, 15) is 14.0 Å². The molecule has 210 valence electrons. The fourth-order valence-corrected chi connectivity index (χ4v) is 6.77. The van der Waals surface area contributed by atoms with Gasteiger partial charge in [0.15, 0.2) is 0 Å². The number of likely N-dealkylation sites (tertiary alicyclic amines) is 1. The van der Waals surface area contributed by atoms with E-state index in [1.165, 1.54) is 12.1 Å². The van der Waals surface area contributed by atoms with E-state index in [0.717, 1.165) is 70.3 Å². The molecule has 0 aromatic heterocycles. The van der Waals surface area contributed by atoms with E-state index in [1.54, 1.807) is 18.2 Å². The van der Waals surface area contributed by atoms with Crippen LogP contribution in [0.3, 0.4) is 0 Å². The molecular formula is C31H39ClFN3O3. The summed E-state index contributed by atoms with van der Waals surface area (Å²) in [6.45, 7) is 4.59. The van der Waals surface area contributed by atoms with E-state index < -0.39 is 10.8 Å². The van der Waals surface area contributed by atoms with E-state index in [1.807, 2.05) is 28.0 Å². The van der Waals surface area contributed by atoms with Crippen molar-refractivity contribution in [2.75, 3.05) is 52.9 Å². The first-order chi connectivity index (χ1) is 18.8. The molecule has 0 radical (unpaired) electrons. The van der Waals surface area contributed by atoms with Crippen molar-refractivity contribution in [3.8, 4) is 5.75 Å². The molecule has 3 aliphatic rings. The van der Waals surface area contributed by atoms with Gasteiger partial charge < -0.3 is 19.4 Å². The SMILES string of the molecule is CN1CCN(C(=O)CC2(COc3ccc(Cl)cc3)CCCN(C(=O)C3(c4cccc(F)c4)CCCC3)C2)CC1. The van der Waals surface area contributed by atoms with Crippen molar-refractivity contribution < 1.29 is 18.7 Å². The summed E-state index contributed by atoms with van der Waals surface area (Å²) in [5.74, 6) is 0.570. The van der Waals surface area contributed by atoms with Crippen LogP contribution >= 0.6 is 11.6 Å². The van der Waals surface area contributed by atoms with E-state index in [2.05, 4.69) is 11.9 Å². The van der Waals surface area contributed by atoms with E-state index >= 15 is 0 Å². The van der Waals surface area contributed by atoms with Crippen molar-refractivity contribution in [3.63, 3.8) is 0 Å². The Morgan fingerprint density at radius 3 is 2.33 bits per heavy atom. The van der Waals surface area contributed by atoms with Crippen molar-refractivity contribution in [1.29, 1.82) is 0 Å². The van der Waals surface area contributed by atoms with Crippen LogP contribution in [0, 0.1) is 11.2 Å². The summed E-state index contributed by atoms with van der Waals surface area (Å²) in [6.07, 6.45) is 5.27. The first kappa shape index (κ1) is 27.9. The van der Waals surface area contributed by atoms with Crippen LogP contribution in [-0.4, -0.2) is 79.4 Å². The van der Waals surface area contributed by atoms with Crippen LogP contribution < -0.4 is 4.74 Å². The summed E-state index contributed by atoms with van der Waals surface area (Å²) in [6, 6.07) is 13.8. The fourth-order valence-electron chi connectivity index (χ4n) is 6.64. The molecule has 2 heterocycles. The number of benzene rings is 2. The van der Waals surface area contributed by atoms with Gasteiger partial charge in [0.25, 0.3) is 0 Å². The maximum absolute atomic E-state index is 14.3. The van der Waals surface area contributed by atoms with Gasteiger partial charge in [-0.05, 0) is 74.7 Å². The summed E-state index contributed by atoms with van der Waals surface area (Å²) in [7, 11) is 2.07. The Balaban J connectivity index is 1.39. The van der Waals surface area contributed by atoms with Gasteiger partial charge in [0.2, 0.25) is 11.8 Å². The van der Waals surface area contributed by atoms with Crippen molar-refractivity contribution in [2.45, 2.75) is 50.4 Å². The molecule has 0 spiro atoms. The van der Waals surface area contributed by atoms with Crippen LogP contribution in [0.4, 0.5) is 4.39 Å². The highest BCUT2D eigenvalue weighted by Gasteiger charge is 2.48. The molecule has 2 saturated heterocycles. The number of carbonyl (C=O) groups excluding carboxylic acids is 2. The van der Waals surface area contributed by atoms with Gasteiger partial charge >= 0.3 is 0 Å². The smallest absolute Gasteiger partial charge is 0.233 e. The molecule has 39 heavy (non-hydrogen) atoms. The zero-order valence-corrected chi connectivity index (χ0v) is 23.6. The van der Waals surface area contributed by atoms with Crippen LogP contribution in [0.15, 0.2) is 48.5 Å². The third kappa shape index (κ3) is 6.25. The van der Waals surface area contributed by atoms with Crippen LogP contribution in [0.1, 0.15) is 50.5 Å². The van der Waals surface area contributed by atoms with Gasteiger partial charge in [0.1, 0.15) is 11.6 Å². The maximum atomic E-state index is 14.3. The highest BCUT2D eigenvalue weighted by atomic mass is 35.5. The van der Waals surface area contributed by atoms with Gasteiger partial charge in [0.05, 0.1) is 12.0 Å². The average molecular weight is 556 g/mol. The Bertz CT molecular complexity index is 1160. The summed E-state index contributed by atoms with van der Waals surface area (Å²) in [4.78, 5) is 34.0. The Morgan fingerprint density at radius 2 is 1.64 bits per heavy atom. The fraction of sp³-hybridized carbons (Fsp3) is 0.548. The van der Waals surface area contributed by atoms with Gasteiger partial charge in [-0.1, -0.05) is 36.6 Å². The number of piperazine rings is 1. The summed E-state index contributed by atoms with van der Waals surface area (Å²) >= 11 is 6.07. The Morgan fingerprint density at radius 1 is 0.923 bits per heavy atom. The molecular weight excluding hydrogens is 517 g/mol. The molecule has 2 aromatic rings. The lowest BCUT2D eigenvalue weighted by Gasteiger charge is -2.46. The summed E-state index contributed by atoms with van der Waals surface area (Å²) < 4.78 is 20.5. The minimum absolute atomic E-state index is 0.0632. The minimum atomic E-state index is -0.705. The number of likely N-dealkylation sites (N-methyl/N-ethyl adjacent to an activating group) is 1. The van der Waals surface area contributed by atoms with Crippen molar-refractivity contribution >= 4 is 23.4 Å². The molecule has 3 fully saturated rings. The van der Waals surface area contributed by atoms with Crippen molar-refractivity contribution in [3.05, 3.63) is 64.9 Å². The van der Waals surface area contributed by atoms with E-state index in [4.69, 9.17) is 16.3 Å². The lowest BCUT2D eigenvalue weighted by Crippen LogP contribution is -2.56. The zero-order valence-electron chi connectivity index (χ0n) is 22.8. The highest BCUT2D eigenvalue weighted by Crippen LogP contribution is 2.45. The third-order valence-corrected chi connectivity index (χ3v) is 9.19. The van der Waals surface area contributed by atoms with Crippen LogP contribution in [0.25, 0.3) is 0 Å². The molecule has 1 saturated carbocycles. The number of nitrogens with zero attached hydrogens (tertiary/aromatic N) is 3. The normalized spacial score (nSPS) is 23.6. The molecule has 8 heteroatoms. The molecule has 1 atom stereocenters. The predicted octanol–water partition coefficient (Wildman–Crippen LogP) is 5.14. The first-order valence-electron chi connectivity index (χ1n) is 14.2. The van der Waals surface area contributed by atoms with E-state index in [-0.39, 0.29) is 17.6 Å². The molecule has 1 unspecified atom stereocenters. The average Bonchev–Trinajstić information content (AvgIpc) is 3.44.